The van der Waals surface area contributed by atoms with Crippen LogP contribution in [0.2, 0.25) is 10.0 Å². The van der Waals surface area contributed by atoms with E-state index in [4.69, 9.17) is 23.2 Å². The topological polar surface area (TPSA) is 58.1 Å². The van der Waals surface area contributed by atoms with Gasteiger partial charge in [0, 0.05) is 19.3 Å². The quantitative estimate of drug-likeness (QED) is 0.898. The van der Waals surface area contributed by atoms with Gasteiger partial charge in [0.05, 0.1) is 15.7 Å². The molecule has 0 bridgehead atoms. The normalized spacial score (nSPS) is 10.4. The van der Waals surface area contributed by atoms with Crippen LogP contribution < -0.4 is 10.2 Å². The molecule has 0 aliphatic rings. The standard InChI is InChI=1S/C15H16Cl2N4O/c1-3-21(4-2)15-18-9-8-12(20-15)14(22)19-11-7-5-6-10(16)13(11)17/h5-9H,3-4H2,1-2H3,(H,19,22). The summed E-state index contributed by atoms with van der Waals surface area (Å²) in [6.07, 6.45) is 1.56. The van der Waals surface area contributed by atoms with Crippen molar-refractivity contribution in [1.29, 1.82) is 0 Å². The Balaban J connectivity index is 2.23. The number of hydrogen-bond acceptors (Lipinski definition) is 4. The highest BCUT2D eigenvalue weighted by molar-refractivity contribution is 6.44. The van der Waals surface area contributed by atoms with E-state index >= 15 is 0 Å². The first-order valence-electron chi connectivity index (χ1n) is 6.90. The summed E-state index contributed by atoms with van der Waals surface area (Å²) in [5.41, 5.74) is 0.718. The Labute approximate surface area is 139 Å². The first kappa shape index (κ1) is 16.5. The SMILES string of the molecule is CCN(CC)c1nccc(C(=O)Nc2cccc(Cl)c2Cl)n1. The van der Waals surface area contributed by atoms with Gasteiger partial charge in [-0.3, -0.25) is 4.79 Å². The second kappa shape index (κ2) is 7.42. The number of anilines is 2. The zero-order valence-electron chi connectivity index (χ0n) is 12.3. The van der Waals surface area contributed by atoms with Gasteiger partial charge in [-0.25, -0.2) is 9.97 Å². The lowest BCUT2D eigenvalue weighted by molar-refractivity contribution is 0.102. The minimum Gasteiger partial charge on any atom is -0.341 e. The summed E-state index contributed by atoms with van der Waals surface area (Å²) in [6, 6.07) is 6.60. The summed E-state index contributed by atoms with van der Waals surface area (Å²) in [4.78, 5) is 22.7. The van der Waals surface area contributed by atoms with Gasteiger partial charge in [-0.1, -0.05) is 29.3 Å². The molecule has 2 rings (SSSR count). The molecule has 2 aromatic rings. The Morgan fingerprint density at radius 2 is 1.95 bits per heavy atom. The van der Waals surface area contributed by atoms with Crippen molar-refractivity contribution in [2.75, 3.05) is 23.3 Å². The van der Waals surface area contributed by atoms with Crippen molar-refractivity contribution < 1.29 is 4.79 Å². The molecule has 5 nitrogen and oxygen atoms in total. The lowest BCUT2D eigenvalue weighted by atomic mass is 10.3. The van der Waals surface area contributed by atoms with Crippen LogP contribution in [0.4, 0.5) is 11.6 Å². The number of nitrogens with zero attached hydrogens (tertiary/aromatic N) is 3. The fourth-order valence-corrected chi connectivity index (χ4v) is 2.27. The van der Waals surface area contributed by atoms with Gasteiger partial charge < -0.3 is 10.2 Å². The molecular weight excluding hydrogens is 323 g/mol. The van der Waals surface area contributed by atoms with Crippen LogP contribution in [-0.4, -0.2) is 29.0 Å². The second-order valence-corrected chi connectivity index (χ2v) is 5.25. The molecule has 0 radical (unpaired) electrons. The molecule has 0 fully saturated rings. The van der Waals surface area contributed by atoms with E-state index in [1.807, 2.05) is 18.7 Å². The van der Waals surface area contributed by atoms with Crippen LogP contribution in [-0.2, 0) is 0 Å². The number of aromatic nitrogens is 2. The molecule has 0 saturated carbocycles. The smallest absolute Gasteiger partial charge is 0.274 e. The molecule has 0 aliphatic heterocycles. The van der Waals surface area contributed by atoms with E-state index in [9.17, 15) is 4.79 Å². The van der Waals surface area contributed by atoms with E-state index in [2.05, 4.69) is 15.3 Å². The maximum absolute atomic E-state index is 12.3. The van der Waals surface area contributed by atoms with E-state index < -0.39 is 0 Å². The number of halogens is 2. The Bertz CT molecular complexity index is 674. The van der Waals surface area contributed by atoms with Gasteiger partial charge in [0.2, 0.25) is 5.95 Å². The molecule has 0 spiro atoms. The number of carbonyl (C=O) groups is 1. The largest absolute Gasteiger partial charge is 0.341 e. The van der Waals surface area contributed by atoms with Gasteiger partial charge in [-0.05, 0) is 32.0 Å². The van der Waals surface area contributed by atoms with E-state index in [0.717, 1.165) is 13.1 Å². The minimum atomic E-state index is -0.361. The van der Waals surface area contributed by atoms with Crippen molar-refractivity contribution in [1.82, 2.24) is 9.97 Å². The third-order valence-corrected chi connectivity index (χ3v) is 3.94. The Kier molecular flexibility index (Phi) is 5.57. The van der Waals surface area contributed by atoms with E-state index in [-0.39, 0.29) is 11.6 Å². The Morgan fingerprint density at radius 3 is 2.64 bits per heavy atom. The first-order valence-corrected chi connectivity index (χ1v) is 7.65. The third-order valence-electron chi connectivity index (χ3n) is 3.12. The monoisotopic (exact) mass is 338 g/mol. The van der Waals surface area contributed by atoms with Gasteiger partial charge >= 0.3 is 0 Å². The highest BCUT2D eigenvalue weighted by Crippen LogP contribution is 2.29. The van der Waals surface area contributed by atoms with Crippen molar-refractivity contribution in [3.63, 3.8) is 0 Å². The van der Waals surface area contributed by atoms with Crippen LogP contribution in [0.3, 0.4) is 0 Å². The average Bonchev–Trinajstić information content (AvgIpc) is 2.53. The fraction of sp³-hybridized carbons (Fsp3) is 0.267. The first-order chi connectivity index (χ1) is 10.6. The highest BCUT2D eigenvalue weighted by atomic mass is 35.5. The molecule has 0 unspecified atom stereocenters. The molecule has 1 aromatic heterocycles. The van der Waals surface area contributed by atoms with Gasteiger partial charge in [0.1, 0.15) is 5.69 Å². The summed E-state index contributed by atoms with van der Waals surface area (Å²) in [5.74, 6) is 0.162. The van der Waals surface area contributed by atoms with Crippen LogP contribution in [0.15, 0.2) is 30.5 Å². The molecule has 7 heteroatoms. The van der Waals surface area contributed by atoms with Gasteiger partial charge in [-0.15, -0.1) is 0 Å². The number of rotatable bonds is 5. The maximum atomic E-state index is 12.3. The number of hydrogen-bond donors (Lipinski definition) is 1. The highest BCUT2D eigenvalue weighted by Gasteiger charge is 2.14. The van der Waals surface area contributed by atoms with Gasteiger partial charge in [-0.2, -0.15) is 0 Å². The van der Waals surface area contributed by atoms with Crippen LogP contribution in [0.25, 0.3) is 0 Å². The zero-order chi connectivity index (χ0) is 16.1. The van der Waals surface area contributed by atoms with E-state index in [1.165, 1.54) is 0 Å². The summed E-state index contributed by atoms with van der Waals surface area (Å²) in [6.45, 7) is 5.54. The second-order valence-electron chi connectivity index (χ2n) is 4.47. The minimum absolute atomic E-state index is 0.271. The van der Waals surface area contributed by atoms with Crippen LogP contribution >= 0.6 is 23.2 Å². The number of amides is 1. The zero-order valence-corrected chi connectivity index (χ0v) is 13.8. The van der Waals surface area contributed by atoms with Gasteiger partial charge in [0.25, 0.3) is 5.91 Å². The number of nitrogens with one attached hydrogen (secondary N) is 1. The maximum Gasteiger partial charge on any atom is 0.274 e. The number of benzene rings is 1. The molecule has 0 aliphatic carbocycles. The third kappa shape index (κ3) is 3.67. The van der Waals surface area contributed by atoms with Crippen molar-refractivity contribution >= 4 is 40.7 Å². The van der Waals surface area contributed by atoms with Crippen LogP contribution in [0.5, 0.6) is 0 Å². The summed E-state index contributed by atoms with van der Waals surface area (Å²) >= 11 is 12.0. The molecule has 116 valence electrons. The predicted octanol–water partition coefficient (Wildman–Crippen LogP) is 3.88. The predicted molar refractivity (Wildman–Crippen MR) is 90.0 cm³/mol. The molecule has 0 atom stereocenters. The van der Waals surface area contributed by atoms with Crippen molar-refractivity contribution in [2.45, 2.75) is 13.8 Å². The van der Waals surface area contributed by atoms with Crippen molar-refractivity contribution in [3.05, 3.63) is 46.2 Å². The van der Waals surface area contributed by atoms with Gasteiger partial charge in [0.15, 0.2) is 0 Å². The number of carbonyl (C=O) groups excluding carboxylic acids is 1. The average molecular weight is 339 g/mol. The summed E-state index contributed by atoms with van der Waals surface area (Å²) in [5, 5.41) is 3.39. The fourth-order valence-electron chi connectivity index (χ4n) is 1.92. The summed E-state index contributed by atoms with van der Waals surface area (Å²) < 4.78 is 0. The molecule has 22 heavy (non-hydrogen) atoms. The Morgan fingerprint density at radius 1 is 1.23 bits per heavy atom. The van der Waals surface area contributed by atoms with Crippen LogP contribution in [0.1, 0.15) is 24.3 Å². The van der Waals surface area contributed by atoms with Crippen molar-refractivity contribution in [2.24, 2.45) is 0 Å². The molecule has 1 heterocycles. The lowest BCUT2D eigenvalue weighted by Gasteiger charge is -2.18. The molecule has 1 amide bonds. The molecule has 1 N–H and O–H groups in total. The summed E-state index contributed by atoms with van der Waals surface area (Å²) in [7, 11) is 0. The van der Waals surface area contributed by atoms with Crippen LogP contribution in [0, 0.1) is 0 Å². The molecular formula is C15H16Cl2N4O. The molecule has 1 aromatic carbocycles. The van der Waals surface area contributed by atoms with Crippen molar-refractivity contribution in [3.8, 4) is 0 Å². The van der Waals surface area contributed by atoms with E-state index in [1.54, 1.807) is 30.5 Å². The van der Waals surface area contributed by atoms with E-state index in [0.29, 0.717) is 21.7 Å². The molecule has 0 saturated heterocycles. The Hall–Kier alpha value is -1.85. The lowest BCUT2D eigenvalue weighted by Crippen LogP contribution is -2.25.